The molecule has 2 aromatic rings. The van der Waals surface area contributed by atoms with Crippen LogP contribution in [-0.4, -0.2) is 9.91 Å². The molecule has 19 heavy (non-hydrogen) atoms. The van der Waals surface area contributed by atoms with Gasteiger partial charge in [0.2, 0.25) is 0 Å². The van der Waals surface area contributed by atoms with Crippen molar-refractivity contribution >= 4 is 22.7 Å². The summed E-state index contributed by atoms with van der Waals surface area (Å²) in [5.74, 6) is 0. The Morgan fingerprint density at radius 1 is 1.47 bits per heavy atom. The maximum absolute atomic E-state index is 10.9. The lowest BCUT2D eigenvalue weighted by Gasteiger charge is -2.08. The van der Waals surface area contributed by atoms with Crippen LogP contribution < -0.4 is 5.32 Å². The summed E-state index contributed by atoms with van der Waals surface area (Å²) in [7, 11) is 0. The number of anilines is 1. The molecule has 0 saturated heterocycles. The number of hydrogen-bond acceptors (Lipinski definition) is 5. The summed E-state index contributed by atoms with van der Waals surface area (Å²) in [6.07, 6.45) is 2.78. The smallest absolute Gasteiger partial charge is 0.274 e. The van der Waals surface area contributed by atoms with E-state index in [1.54, 1.807) is 24.3 Å². The average molecular weight is 277 g/mol. The van der Waals surface area contributed by atoms with Gasteiger partial charge in [-0.25, -0.2) is 4.98 Å². The zero-order valence-corrected chi connectivity index (χ0v) is 11.7. The molecule has 0 amide bonds. The Bertz CT molecular complexity index is 595. The Labute approximate surface area is 115 Å². The van der Waals surface area contributed by atoms with E-state index < -0.39 is 0 Å². The number of thiazole rings is 1. The van der Waals surface area contributed by atoms with E-state index in [1.165, 1.54) is 6.07 Å². The van der Waals surface area contributed by atoms with Crippen LogP contribution in [0.5, 0.6) is 0 Å². The van der Waals surface area contributed by atoms with Gasteiger partial charge < -0.3 is 5.32 Å². The van der Waals surface area contributed by atoms with E-state index >= 15 is 0 Å². The fraction of sp³-hybridized carbons (Fsp3) is 0.308. The van der Waals surface area contributed by atoms with Crippen LogP contribution in [0.2, 0.25) is 0 Å². The van der Waals surface area contributed by atoms with Gasteiger partial charge in [-0.3, -0.25) is 10.1 Å². The number of nitro benzene ring substituents is 1. The molecule has 0 fully saturated rings. The maximum Gasteiger partial charge on any atom is 0.274 e. The van der Waals surface area contributed by atoms with Crippen molar-refractivity contribution in [2.75, 3.05) is 5.32 Å². The van der Waals surface area contributed by atoms with Crippen molar-refractivity contribution in [3.63, 3.8) is 0 Å². The summed E-state index contributed by atoms with van der Waals surface area (Å²) in [5.41, 5.74) is 1.59. The van der Waals surface area contributed by atoms with Crippen molar-refractivity contribution < 1.29 is 4.92 Å². The highest BCUT2D eigenvalue weighted by Gasteiger charge is 2.13. The van der Waals surface area contributed by atoms with Crippen LogP contribution in [0.4, 0.5) is 11.4 Å². The van der Waals surface area contributed by atoms with E-state index in [0.717, 1.165) is 22.0 Å². The highest BCUT2D eigenvalue weighted by Crippen LogP contribution is 2.26. The first kappa shape index (κ1) is 13.5. The van der Waals surface area contributed by atoms with Crippen LogP contribution in [0.1, 0.15) is 22.4 Å². The van der Waals surface area contributed by atoms with Crippen LogP contribution >= 0.6 is 11.3 Å². The Morgan fingerprint density at radius 3 is 2.89 bits per heavy atom. The van der Waals surface area contributed by atoms with Crippen LogP contribution in [0.25, 0.3) is 0 Å². The molecule has 0 radical (unpaired) electrons. The molecule has 0 saturated carbocycles. The summed E-state index contributed by atoms with van der Waals surface area (Å²) in [5, 5.41) is 15.2. The van der Waals surface area contributed by atoms with Gasteiger partial charge in [-0.2, -0.15) is 0 Å². The Morgan fingerprint density at radius 2 is 2.26 bits per heavy atom. The minimum atomic E-state index is -0.359. The molecule has 0 atom stereocenters. The number of nitro groups is 1. The lowest BCUT2D eigenvalue weighted by atomic mass is 10.1. The van der Waals surface area contributed by atoms with E-state index in [2.05, 4.69) is 17.2 Å². The third-order valence-electron chi connectivity index (χ3n) is 2.86. The van der Waals surface area contributed by atoms with Gasteiger partial charge in [0.25, 0.3) is 5.69 Å². The van der Waals surface area contributed by atoms with Gasteiger partial charge >= 0.3 is 0 Å². The third-order valence-corrected chi connectivity index (χ3v) is 4.00. The third kappa shape index (κ3) is 3.08. The first-order valence-electron chi connectivity index (χ1n) is 6.03. The molecule has 0 unspecified atom stereocenters. The number of aryl methyl sites for hydroxylation is 1. The standard InChI is InChI=1S/C13H15N3O2S/c1-3-13-15-8-10(19-13)7-14-11-5-4-6-12(9(11)2)16(17)18/h4-6,8,14H,3,7H2,1-2H3. The lowest BCUT2D eigenvalue weighted by Crippen LogP contribution is -2.01. The zero-order valence-electron chi connectivity index (χ0n) is 10.8. The molecule has 1 heterocycles. The van der Waals surface area contributed by atoms with Crippen LogP contribution in [0.15, 0.2) is 24.4 Å². The molecular weight excluding hydrogens is 262 g/mol. The van der Waals surface area contributed by atoms with Crippen molar-refractivity contribution in [1.29, 1.82) is 0 Å². The lowest BCUT2D eigenvalue weighted by molar-refractivity contribution is -0.385. The van der Waals surface area contributed by atoms with Crippen molar-refractivity contribution in [2.24, 2.45) is 0 Å². The molecule has 5 nitrogen and oxygen atoms in total. The van der Waals surface area contributed by atoms with Gasteiger partial charge in [0, 0.05) is 28.4 Å². The van der Waals surface area contributed by atoms with E-state index in [-0.39, 0.29) is 10.6 Å². The fourth-order valence-electron chi connectivity index (χ4n) is 1.79. The molecular formula is C13H15N3O2S. The van der Waals surface area contributed by atoms with Crippen LogP contribution in [0.3, 0.4) is 0 Å². The summed E-state index contributed by atoms with van der Waals surface area (Å²) in [4.78, 5) is 15.9. The normalized spacial score (nSPS) is 10.4. The highest BCUT2D eigenvalue weighted by atomic mass is 32.1. The molecule has 6 heteroatoms. The first-order chi connectivity index (χ1) is 9.11. The molecule has 0 spiro atoms. The van der Waals surface area contributed by atoms with Gasteiger partial charge in [0.05, 0.1) is 16.5 Å². The predicted molar refractivity (Wildman–Crippen MR) is 76.7 cm³/mol. The average Bonchev–Trinajstić information content (AvgIpc) is 2.85. The molecule has 1 N–H and O–H groups in total. The van der Waals surface area contributed by atoms with E-state index in [4.69, 9.17) is 0 Å². The second-order valence-corrected chi connectivity index (χ2v) is 5.33. The summed E-state index contributed by atoms with van der Waals surface area (Å²) in [6, 6.07) is 5.06. The first-order valence-corrected chi connectivity index (χ1v) is 6.85. The topological polar surface area (TPSA) is 68.1 Å². The molecule has 1 aromatic heterocycles. The van der Waals surface area contributed by atoms with Gasteiger partial charge in [0.1, 0.15) is 0 Å². The molecule has 100 valence electrons. The number of hydrogen-bond donors (Lipinski definition) is 1. The molecule has 0 aliphatic carbocycles. The second-order valence-electron chi connectivity index (χ2n) is 4.13. The number of aromatic nitrogens is 1. The maximum atomic E-state index is 10.9. The van der Waals surface area contributed by atoms with E-state index in [9.17, 15) is 10.1 Å². The van der Waals surface area contributed by atoms with Crippen LogP contribution in [0, 0.1) is 17.0 Å². The number of rotatable bonds is 5. The Hall–Kier alpha value is -1.95. The Balaban J connectivity index is 2.11. The molecule has 0 aliphatic rings. The van der Waals surface area contributed by atoms with Crippen molar-refractivity contribution in [2.45, 2.75) is 26.8 Å². The molecule has 2 rings (SSSR count). The van der Waals surface area contributed by atoms with Crippen molar-refractivity contribution in [1.82, 2.24) is 4.98 Å². The predicted octanol–water partition coefficient (Wildman–Crippen LogP) is 3.53. The molecule has 1 aromatic carbocycles. The summed E-state index contributed by atoms with van der Waals surface area (Å²) < 4.78 is 0. The summed E-state index contributed by atoms with van der Waals surface area (Å²) >= 11 is 1.66. The fourth-order valence-corrected chi connectivity index (χ4v) is 2.59. The van der Waals surface area contributed by atoms with Gasteiger partial charge in [-0.05, 0) is 19.4 Å². The SMILES string of the molecule is CCc1ncc(CNc2cccc([N+](=O)[O-])c2C)s1. The quantitative estimate of drug-likeness (QED) is 0.670. The molecule has 0 bridgehead atoms. The molecule has 0 aliphatic heterocycles. The van der Waals surface area contributed by atoms with Gasteiger partial charge in [-0.1, -0.05) is 13.0 Å². The van der Waals surface area contributed by atoms with Crippen LogP contribution in [-0.2, 0) is 13.0 Å². The Kier molecular flexibility index (Phi) is 4.11. The zero-order chi connectivity index (χ0) is 13.8. The number of benzene rings is 1. The van der Waals surface area contributed by atoms with E-state index in [1.807, 2.05) is 12.3 Å². The minimum absolute atomic E-state index is 0.142. The second kappa shape index (κ2) is 5.79. The number of nitrogens with zero attached hydrogens (tertiary/aromatic N) is 2. The van der Waals surface area contributed by atoms with Gasteiger partial charge in [0.15, 0.2) is 0 Å². The minimum Gasteiger partial charge on any atom is -0.380 e. The number of nitrogens with one attached hydrogen (secondary N) is 1. The van der Waals surface area contributed by atoms with Crippen molar-refractivity contribution in [3.05, 3.63) is 50.0 Å². The monoisotopic (exact) mass is 277 g/mol. The summed E-state index contributed by atoms with van der Waals surface area (Å²) in [6.45, 7) is 4.46. The highest BCUT2D eigenvalue weighted by molar-refractivity contribution is 7.11. The van der Waals surface area contributed by atoms with Gasteiger partial charge in [-0.15, -0.1) is 11.3 Å². The van der Waals surface area contributed by atoms with Crippen molar-refractivity contribution in [3.8, 4) is 0 Å². The van der Waals surface area contributed by atoms with E-state index in [0.29, 0.717) is 12.1 Å². The largest absolute Gasteiger partial charge is 0.380 e.